The number of rotatable bonds is 6. The van der Waals surface area contributed by atoms with Crippen molar-refractivity contribution < 1.29 is 13.9 Å². The minimum absolute atomic E-state index is 0.252. The van der Waals surface area contributed by atoms with Gasteiger partial charge in [-0.3, -0.25) is 0 Å². The van der Waals surface area contributed by atoms with Crippen molar-refractivity contribution in [3.63, 3.8) is 0 Å². The fourth-order valence-electron chi connectivity index (χ4n) is 2.71. The summed E-state index contributed by atoms with van der Waals surface area (Å²) < 4.78 is 25.0. The third-order valence-corrected chi connectivity index (χ3v) is 5.47. The Morgan fingerprint density at radius 2 is 1.83 bits per heavy atom. The number of nitriles is 1. The van der Waals surface area contributed by atoms with E-state index < -0.39 is 0 Å². The molecule has 0 aliphatic carbocycles. The fraction of sp³-hybridized carbons (Fsp3) is 0.0870. The normalized spacial score (nSPS) is 11.1. The van der Waals surface area contributed by atoms with Crippen molar-refractivity contribution in [1.29, 1.82) is 5.26 Å². The molecule has 0 aromatic heterocycles. The Kier molecular flexibility index (Phi) is 7.38. The highest BCUT2D eigenvalue weighted by Gasteiger charge is 2.13. The number of methoxy groups -OCH3 is 1. The van der Waals surface area contributed by atoms with E-state index in [1.165, 1.54) is 19.2 Å². The summed E-state index contributed by atoms with van der Waals surface area (Å²) >= 11 is 15.7. The first-order valence-corrected chi connectivity index (χ1v) is 10.3. The summed E-state index contributed by atoms with van der Waals surface area (Å²) in [5, 5.41) is 10.5. The molecular weight excluding hydrogens is 492 g/mol. The van der Waals surface area contributed by atoms with E-state index in [-0.39, 0.29) is 12.4 Å². The largest absolute Gasteiger partial charge is 0.493 e. The van der Waals surface area contributed by atoms with Crippen LogP contribution in [0, 0.1) is 17.1 Å². The summed E-state index contributed by atoms with van der Waals surface area (Å²) in [6, 6.07) is 16.7. The minimum Gasteiger partial charge on any atom is -0.493 e. The topological polar surface area (TPSA) is 42.2 Å². The molecule has 0 N–H and O–H groups in total. The van der Waals surface area contributed by atoms with Crippen LogP contribution in [0.1, 0.15) is 16.7 Å². The molecule has 152 valence electrons. The highest BCUT2D eigenvalue weighted by Crippen LogP contribution is 2.36. The van der Waals surface area contributed by atoms with Gasteiger partial charge in [-0.15, -0.1) is 0 Å². The molecule has 0 fully saturated rings. The Morgan fingerprint density at radius 3 is 2.47 bits per heavy atom. The summed E-state index contributed by atoms with van der Waals surface area (Å²) in [7, 11) is 1.53. The molecule has 0 unspecified atom stereocenters. The van der Waals surface area contributed by atoms with Gasteiger partial charge < -0.3 is 9.47 Å². The van der Waals surface area contributed by atoms with Gasteiger partial charge >= 0.3 is 0 Å². The third-order valence-electron chi connectivity index (χ3n) is 4.23. The van der Waals surface area contributed by atoms with Gasteiger partial charge in [0.1, 0.15) is 12.4 Å². The quantitative estimate of drug-likeness (QED) is 0.256. The molecule has 3 aromatic carbocycles. The van der Waals surface area contributed by atoms with Crippen molar-refractivity contribution >= 4 is 50.8 Å². The molecule has 0 atom stereocenters. The minimum atomic E-state index is -0.302. The van der Waals surface area contributed by atoms with Crippen molar-refractivity contribution in [3.05, 3.63) is 91.6 Å². The SMILES string of the molecule is COc1cc(/C=C(\C#N)c2ccc(Cl)cc2Cl)c(Br)cc1OCc1ccc(F)cc1. The van der Waals surface area contributed by atoms with Crippen molar-refractivity contribution in [2.24, 2.45) is 0 Å². The lowest BCUT2D eigenvalue weighted by Crippen LogP contribution is -1.98. The van der Waals surface area contributed by atoms with Gasteiger partial charge in [0, 0.05) is 15.1 Å². The molecule has 0 saturated carbocycles. The smallest absolute Gasteiger partial charge is 0.162 e. The Labute approximate surface area is 192 Å². The molecule has 3 rings (SSSR count). The summed E-state index contributed by atoms with van der Waals surface area (Å²) in [6.07, 6.45) is 1.70. The molecule has 3 aromatic rings. The first-order valence-electron chi connectivity index (χ1n) is 8.73. The van der Waals surface area contributed by atoms with Crippen molar-refractivity contribution in [3.8, 4) is 17.6 Å². The van der Waals surface area contributed by atoms with E-state index in [1.807, 2.05) is 0 Å². The number of allylic oxidation sites excluding steroid dienone is 1. The molecule has 0 spiro atoms. The number of ether oxygens (including phenoxy) is 2. The molecule has 0 amide bonds. The van der Waals surface area contributed by atoms with Crippen LogP contribution < -0.4 is 9.47 Å². The molecule has 7 heteroatoms. The summed E-state index contributed by atoms with van der Waals surface area (Å²) in [4.78, 5) is 0. The predicted octanol–water partition coefficient (Wildman–Crippen LogP) is 7.55. The van der Waals surface area contributed by atoms with E-state index in [9.17, 15) is 9.65 Å². The van der Waals surface area contributed by atoms with Crippen LogP contribution in [0.2, 0.25) is 10.0 Å². The number of benzene rings is 3. The second-order valence-electron chi connectivity index (χ2n) is 6.23. The van der Waals surface area contributed by atoms with Crippen LogP contribution in [-0.4, -0.2) is 7.11 Å². The number of hydrogen-bond donors (Lipinski definition) is 0. The van der Waals surface area contributed by atoms with E-state index in [1.54, 1.807) is 48.5 Å². The van der Waals surface area contributed by atoms with Crippen LogP contribution in [0.4, 0.5) is 4.39 Å². The molecule has 30 heavy (non-hydrogen) atoms. The number of halogens is 4. The molecule has 0 heterocycles. The molecular formula is C23H15BrCl2FNO2. The average Bonchev–Trinajstić information content (AvgIpc) is 2.73. The molecule has 0 bridgehead atoms. The zero-order valence-corrected chi connectivity index (χ0v) is 18.9. The van der Waals surface area contributed by atoms with E-state index >= 15 is 0 Å². The second-order valence-corrected chi connectivity index (χ2v) is 7.93. The van der Waals surface area contributed by atoms with Crippen LogP contribution in [0.3, 0.4) is 0 Å². The van der Waals surface area contributed by atoms with Crippen LogP contribution >= 0.6 is 39.1 Å². The van der Waals surface area contributed by atoms with Gasteiger partial charge in [0.2, 0.25) is 0 Å². The maximum atomic E-state index is 13.1. The maximum absolute atomic E-state index is 13.1. The molecule has 0 radical (unpaired) electrons. The Hall–Kier alpha value is -2.52. The zero-order chi connectivity index (χ0) is 21.7. The third kappa shape index (κ3) is 5.34. The van der Waals surface area contributed by atoms with Crippen molar-refractivity contribution in [2.45, 2.75) is 6.61 Å². The average molecular weight is 507 g/mol. The van der Waals surface area contributed by atoms with Gasteiger partial charge in [0.25, 0.3) is 0 Å². The second kappa shape index (κ2) is 9.99. The van der Waals surface area contributed by atoms with Gasteiger partial charge in [-0.2, -0.15) is 5.26 Å². The first kappa shape index (κ1) is 22.2. The highest BCUT2D eigenvalue weighted by molar-refractivity contribution is 9.10. The Morgan fingerprint density at radius 1 is 1.10 bits per heavy atom. The lowest BCUT2D eigenvalue weighted by Gasteiger charge is -2.13. The predicted molar refractivity (Wildman–Crippen MR) is 121 cm³/mol. The molecule has 0 aliphatic heterocycles. The van der Waals surface area contributed by atoms with Crippen LogP contribution in [0.5, 0.6) is 11.5 Å². The van der Waals surface area contributed by atoms with Gasteiger partial charge in [-0.1, -0.05) is 57.3 Å². The van der Waals surface area contributed by atoms with E-state index in [0.29, 0.717) is 42.7 Å². The molecule has 0 saturated heterocycles. The number of hydrogen-bond acceptors (Lipinski definition) is 3. The van der Waals surface area contributed by atoms with Gasteiger partial charge in [-0.05, 0) is 53.6 Å². The fourth-order valence-corrected chi connectivity index (χ4v) is 3.66. The monoisotopic (exact) mass is 505 g/mol. The maximum Gasteiger partial charge on any atom is 0.162 e. The van der Waals surface area contributed by atoms with E-state index in [2.05, 4.69) is 22.0 Å². The van der Waals surface area contributed by atoms with E-state index in [4.69, 9.17) is 32.7 Å². The highest BCUT2D eigenvalue weighted by atomic mass is 79.9. The van der Waals surface area contributed by atoms with Gasteiger partial charge in [-0.25, -0.2) is 4.39 Å². The zero-order valence-electron chi connectivity index (χ0n) is 15.8. The molecule has 0 aliphatic rings. The van der Waals surface area contributed by atoms with Crippen molar-refractivity contribution in [2.75, 3.05) is 7.11 Å². The van der Waals surface area contributed by atoms with Crippen LogP contribution in [0.15, 0.2) is 59.1 Å². The number of nitrogens with zero attached hydrogens (tertiary/aromatic N) is 1. The lowest BCUT2D eigenvalue weighted by atomic mass is 10.0. The van der Waals surface area contributed by atoms with Crippen LogP contribution in [-0.2, 0) is 6.61 Å². The summed E-state index contributed by atoms with van der Waals surface area (Å²) in [5.74, 6) is 0.698. The van der Waals surface area contributed by atoms with Crippen molar-refractivity contribution in [1.82, 2.24) is 0 Å². The standard InChI is InChI=1S/C23H15BrCl2FNO2/c1-29-22-9-15(8-16(12-28)19-7-4-17(25)10-21(19)26)20(24)11-23(22)30-13-14-2-5-18(27)6-3-14/h2-11H,13H2,1H3/b16-8+. The van der Waals surface area contributed by atoms with Gasteiger partial charge in [0.05, 0.1) is 23.8 Å². The lowest BCUT2D eigenvalue weighted by molar-refractivity contribution is 0.284. The van der Waals surface area contributed by atoms with E-state index in [0.717, 1.165) is 5.56 Å². The first-order chi connectivity index (χ1) is 14.4. The summed E-state index contributed by atoms with van der Waals surface area (Å²) in [6.45, 7) is 0.252. The Bertz CT molecular complexity index is 1140. The van der Waals surface area contributed by atoms with Gasteiger partial charge in [0.15, 0.2) is 11.5 Å². The summed E-state index contributed by atoms with van der Waals surface area (Å²) in [5.41, 5.74) is 2.48. The Balaban J connectivity index is 1.91. The molecule has 3 nitrogen and oxygen atoms in total. The van der Waals surface area contributed by atoms with Crippen LogP contribution in [0.25, 0.3) is 11.6 Å².